The number of ether oxygens (including phenoxy) is 1. The molecular formula is C14H19NO2. The third kappa shape index (κ3) is 2.20. The van der Waals surface area contributed by atoms with Gasteiger partial charge in [-0.25, -0.2) is 0 Å². The normalized spacial score (nSPS) is 17.2. The van der Waals surface area contributed by atoms with E-state index in [1.165, 1.54) is 0 Å². The predicted octanol–water partition coefficient (Wildman–Crippen LogP) is 2.24. The Kier molecular flexibility index (Phi) is 2.96. The maximum atomic E-state index is 11.7. The van der Waals surface area contributed by atoms with Gasteiger partial charge in [0.2, 0.25) is 0 Å². The van der Waals surface area contributed by atoms with Gasteiger partial charge < -0.3 is 10.5 Å². The molecule has 0 unspecified atom stereocenters. The highest BCUT2D eigenvalue weighted by molar-refractivity contribution is 5.99. The van der Waals surface area contributed by atoms with E-state index in [-0.39, 0.29) is 17.9 Å². The molecule has 17 heavy (non-hydrogen) atoms. The van der Waals surface area contributed by atoms with Crippen molar-refractivity contribution in [3.05, 3.63) is 28.8 Å². The van der Waals surface area contributed by atoms with Gasteiger partial charge >= 0.3 is 0 Å². The molecule has 0 aromatic heterocycles. The summed E-state index contributed by atoms with van der Waals surface area (Å²) in [6, 6.07) is 3.72. The Balaban J connectivity index is 2.44. The Hall–Kier alpha value is -1.35. The fraction of sp³-hybridized carbons (Fsp3) is 0.500. The van der Waals surface area contributed by atoms with Gasteiger partial charge in [-0.05, 0) is 56.9 Å². The van der Waals surface area contributed by atoms with E-state index in [9.17, 15) is 4.79 Å². The fourth-order valence-electron chi connectivity index (χ4n) is 2.33. The topological polar surface area (TPSA) is 52.3 Å². The van der Waals surface area contributed by atoms with Crippen LogP contribution in [0, 0.1) is 6.92 Å². The van der Waals surface area contributed by atoms with E-state index in [0.717, 1.165) is 35.3 Å². The maximum absolute atomic E-state index is 11.7. The van der Waals surface area contributed by atoms with Crippen LogP contribution in [0.1, 0.15) is 41.8 Å². The van der Waals surface area contributed by atoms with Crippen molar-refractivity contribution in [1.29, 1.82) is 0 Å². The summed E-state index contributed by atoms with van der Waals surface area (Å²) in [5.74, 6) is 0.905. The van der Waals surface area contributed by atoms with Crippen molar-refractivity contribution < 1.29 is 9.53 Å². The van der Waals surface area contributed by atoms with Crippen molar-refractivity contribution in [2.45, 2.75) is 39.2 Å². The lowest BCUT2D eigenvalue weighted by molar-refractivity contribution is 0.0843. The average molecular weight is 233 g/mol. The molecule has 0 amide bonds. The Morgan fingerprint density at radius 3 is 2.82 bits per heavy atom. The number of fused-ring (bicyclic) bond motifs is 1. The smallest absolute Gasteiger partial charge is 0.176 e. The fourth-order valence-corrected chi connectivity index (χ4v) is 2.33. The van der Waals surface area contributed by atoms with Gasteiger partial charge in [0.15, 0.2) is 5.78 Å². The standard InChI is InChI=1S/C14H19NO2/c1-9-10(12(16)8-15)4-5-13-11(9)6-7-14(2,3)17-13/h4-5H,6-8,15H2,1-3H3. The first kappa shape index (κ1) is 12.1. The second-order valence-electron chi connectivity index (χ2n) is 5.20. The summed E-state index contributed by atoms with van der Waals surface area (Å²) >= 11 is 0. The van der Waals surface area contributed by atoms with Gasteiger partial charge in [-0.3, -0.25) is 4.79 Å². The molecule has 1 heterocycles. The molecule has 1 aromatic carbocycles. The highest BCUT2D eigenvalue weighted by Gasteiger charge is 2.28. The second-order valence-corrected chi connectivity index (χ2v) is 5.20. The number of nitrogens with two attached hydrogens (primary N) is 1. The van der Waals surface area contributed by atoms with E-state index in [1.807, 2.05) is 19.1 Å². The molecule has 0 radical (unpaired) electrons. The van der Waals surface area contributed by atoms with Crippen LogP contribution < -0.4 is 10.5 Å². The minimum atomic E-state index is -0.112. The molecule has 92 valence electrons. The molecule has 0 saturated carbocycles. The van der Waals surface area contributed by atoms with E-state index in [0.29, 0.717) is 0 Å². The van der Waals surface area contributed by atoms with Gasteiger partial charge in [0, 0.05) is 5.56 Å². The maximum Gasteiger partial charge on any atom is 0.176 e. The number of hydrogen-bond acceptors (Lipinski definition) is 3. The first-order valence-corrected chi connectivity index (χ1v) is 5.99. The second kappa shape index (κ2) is 4.15. The number of hydrogen-bond donors (Lipinski definition) is 1. The van der Waals surface area contributed by atoms with Crippen LogP contribution in [0.5, 0.6) is 5.75 Å². The van der Waals surface area contributed by atoms with E-state index in [2.05, 4.69) is 13.8 Å². The molecule has 3 heteroatoms. The summed E-state index contributed by atoms with van der Waals surface area (Å²) < 4.78 is 5.93. The molecule has 2 rings (SSSR count). The number of benzene rings is 1. The highest BCUT2D eigenvalue weighted by Crippen LogP contribution is 2.36. The van der Waals surface area contributed by atoms with Crippen LogP contribution in [0.15, 0.2) is 12.1 Å². The van der Waals surface area contributed by atoms with Crippen LogP contribution in [-0.4, -0.2) is 17.9 Å². The van der Waals surface area contributed by atoms with Gasteiger partial charge in [0.1, 0.15) is 11.4 Å². The molecule has 0 spiro atoms. The zero-order valence-electron chi connectivity index (χ0n) is 10.7. The Labute approximate surface area is 102 Å². The van der Waals surface area contributed by atoms with Gasteiger partial charge in [0.05, 0.1) is 6.54 Å². The molecule has 0 fully saturated rings. The summed E-state index contributed by atoms with van der Waals surface area (Å²) in [5, 5.41) is 0. The quantitative estimate of drug-likeness (QED) is 0.797. The van der Waals surface area contributed by atoms with E-state index in [1.54, 1.807) is 0 Å². The van der Waals surface area contributed by atoms with Crippen molar-refractivity contribution in [3.8, 4) is 5.75 Å². The Bertz CT molecular complexity index is 464. The molecule has 2 N–H and O–H groups in total. The molecule has 0 atom stereocenters. The molecule has 3 nitrogen and oxygen atoms in total. The van der Waals surface area contributed by atoms with Crippen LogP contribution in [0.25, 0.3) is 0 Å². The van der Waals surface area contributed by atoms with Gasteiger partial charge in [-0.2, -0.15) is 0 Å². The summed E-state index contributed by atoms with van der Waals surface area (Å²) in [6.07, 6.45) is 1.93. The van der Waals surface area contributed by atoms with E-state index >= 15 is 0 Å². The number of carbonyl (C=O) groups is 1. The summed E-state index contributed by atoms with van der Waals surface area (Å²) in [7, 11) is 0. The molecule has 1 aromatic rings. The minimum Gasteiger partial charge on any atom is -0.488 e. The summed E-state index contributed by atoms with van der Waals surface area (Å²) in [5.41, 5.74) is 8.21. The first-order valence-electron chi connectivity index (χ1n) is 5.99. The van der Waals surface area contributed by atoms with E-state index < -0.39 is 0 Å². The number of ketones is 1. The molecular weight excluding hydrogens is 214 g/mol. The Morgan fingerprint density at radius 2 is 2.18 bits per heavy atom. The third-order valence-electron chi connectivity index (χ3n) is 3.40. The predicted molar refractivity (Wildman–Crippen MR) is 67.6 cm³/mol. The van der Waals surface area contributed by atoms with Crippen LogP contribution in [0.3, 0.4) is 0 Å². The van der Waals surface area contributed by atoms with Crippen molar-refractivity contribution in [2.24, 2.45) is 5.73 Å². The van der Waals surface area contributed by atoms with Gasteiger partial charge in [-0.1, -0.05) is 0 Å². The Morgan fingerprint density at radius 1 is 1.47 bits per heavy atom. The van der Waals surface area contributed by atoms with Crippen LogP contribution >= 0.6 is 0 Å². The molecule has 0 aliphatic carbocycles. The monoisotopic (exact) mass is 233 g/mol. The van der Waals surface area contributed by atoms with Crippen molar-refractivity contribution in [2.75, 3.05) is 6.54 Å². The van der Waals surface area contributed by atoms with E-state index in [4.69, 9.17) is 10.5 Å². The van der Waals surface area contributed by atoms with Crippen molar-refractivity contribution in [1.82, 2.24) is 0 Å². The summed E-state index contributed by atoms with van der Waals surface area (Å²) in [4.78, 5) is 11.7. The van der Waals surface area contributed by atoms with Crippen LogP contribution in [-0.2, 0) is 6.42 Å². The lowest BCUT2D eigenvalue weighted by atomic mass is 9.89. The molecule has 0 saturated heterocycles. The number of Topliss-reactive ketones (excluding diaryl/α,β-unsaturated/α-hetero) is 1. The molecule has 0 bridgehead atoms. The van der Waals surface area contributed by atoms with Gasteiger partial charge in [-0.15, -0.1) is 0 Å². The summed E-state index contributed by atoms with van der Waals surface area (Å²) in [6.45, 7) is 6.21. The lowest BCUT2D eigenvalue weighted by Crippen LogP contribution is -2.33. The zero-order chi connectivity index (χ0) is 12.6. The van der Waals surface area contributed by atoms with Crippen LogP contribution in [0.4, 0.5) is 0 Å². The highest BCUT2D eigenvalue weighted by atomic mass is 16.5. The number of rotatable bonds is 2. The minimum absolute atomic E-state index is 0.00451. The third-order valence-corrected chi connectivity index (χ3v) is 3.40. The molecule has 1 aliphatic heterocycles. The number of carbonyl (C=O) groups excluding carboxylic acids is 1. The SMILES string of the molecule is Cc1c(C(=O)CN)ccc2c1CCC(C)(C)O2. The van der Waals surface area contributed by atoms with Crippen LogP contribution in [0.2, 0.25) is 0 Å². The van der Waals surface area contributed by atoms with Gasteiger partial charge in [0.25, 0.3) is 0 Å². The van der Waals surface area contributed by atoms with Crippen molar-refractivity contribution >= 4 is 5.78 Å². The lowest BCUT2D eigenvalue weighted by Gasteiger charge is -2.33. The molecule has 1 aliphatic rings. The first-order chi connectivity index (χ1) is 7.94. The zero-order valence-corrected chi connectivity index (χ0v) is 10.7. The van der Waals surface area contributed by atoms with Crippen molar-refractivity contribution in [3.63, 3.8) is 0 Å². The largest absolute Gasteiger partial charge is 0.488 e. The average Bonchev–Trinajstić information content (AvgIpc) is 2.27.